The maximum absolute atomic E-state index is 11.3. The first-order chi connectivity index (χ1) is 6.95. The summed E-state index contributed by atoms with van der Waals surface area (Å²) >= 11 is 0. The minimum absolute atomic E-state index is 0.236. The van der Waals surface area contributed by atoms with E-state index in [2.05, 4.69) is 19.2 Å². The predicted molar refractivity (Wildman–Crippen MR) is 57.6 cm³/mol. The van der Waals surface area contributed by atoms with Crippen molar-refractivity contribution in [2.75, 3.05) is 26.2 Å². The van der Waals surface area contributed by atoms with Crippen molar-refractivity contribution in [2.45, 2.75) is 20.8 Å². The van der Waals surface area contributed by atoms with Gasteiger partial charge in [0, 0.05) is 6.54 Å². The highest BCUT2D eigenvalue weighted by Crippen LogP contribution is 1.97. The standard InChI is InChI=1S/C10H20N2O3/c1-4-12(6-8(2)3)7-9(13)11-5-10(14)15/h8H,4-7H2,1-3H3,(H,11,13)(H,14,15). The number of hydrogen-bond acceptors (Lipinski definition) is 3. The van der Waals surface area contributed by atoms with Gasteiger partial charge < -0.3 is 10.4 Å². The molecular formula is C10H20N2O3. The summed E-state index contributed by atoms with van der Waals surface area (Å²) in [7, 11) is 0. The maximum Gasteiger partial charge on any atom is 0.322 e. The van der Waals surface area contributed by atoms with Gasteiger partial charge in [-0.2, -0.15) is 0 Å². The number of nitrogens with zero attached hydrogens (tertiary/aromatic N) is 1. The molecule has 0 aliphatic carbocycles. The van der Waals surface area contributed by atoms with Gasteiger partial charge >= 0.3 is 5.97 Å². The van der Waals surface area contributed by atoms with Gasteiger partial charge in [-0.05, 0) is 12.5 Å². The molecular weight excluding hydrogens is 196 g/mol. The van der Waals surface area contributed by atoms with Crippen LogP contribution in [0.5, 0.6) is 0 Å². The normalized spacial score (nSPS) is 10.7. The van der Waals surface area contributed by atoms with Crippen molar-refractivity contribution in [3.8, 4) is 0 Å². The lowest BCUT2D eigenvalue weighted by molar-refractivity contribution is -0.138. The van der Waals surface area contributed by atoms with Crippen LogP contribution in [0.4, 0.5) is 0 Å². The van der Waals surface area contributed by atoms with Crippen LogP contribution in [0.15, 0.2) is 0 Å². The number of carbonyl (C=O) groups is 2. The van der Waals surface area contributed by atoms with E-state index in [0.717, 1.165) is 13.1 Å². The van der Waals surface area contributed by atoms with E-state index in [9.17, 15) is 9.59 Å². The molecule has 0 aromatic carbocycles. The number of carboxylic acid groups (broad SMARTS) is 1. The van der Waals surface area contributed by atoms with Crippen LogP contribution < -0.4 is 5.32 Å². The van der Waals surface area contributed by atoms with Crippen LogP contribution in [0.2, 0.25) is 0 Å². The minimum Gasteiger partial charge on any atom is -0.480 e. The zero-order valence-corrected chi connectivity index (χ0v) is 9.62. The molecule has 0 heterocycles. The first-order valence-corrected chi connectivity index (χ1v) is 5.16. The Morgan fingerprint density at radius 3 is 2.40 bits per heavy atom. The molecule has 5 heteroatoms. The van der Waals surface area contributed by atoms with Gasteiger partial charge in [0.1, 0.15) is 6.54 Å². The number of likely N-dealkylation sites (N-methyl/N-ethyl adjacent to an activating group) is 1. The van der Waals surface area contributed by atoms with Crippen LogP contribution >= 0.6 is 0 Å². The van der Waals surface area contributed by atoms with E-state index in [0.29, 0.717) is 5.92 Å². The molecule has 0 radical (unpaired) electrons. The van der Waals surface area contributed by atoms with Crippen LogP contribution in [0, 0.1) is 5.92 Å². The summed E-state index contributed by atoms with van der Waals surface area (Å²) in [4.78, 5) is 23.5. The minimum atomic E-state index is -1.02. The molecule has 0 spiro atoms. The van der Waals surface area contributed by atoms with Crippen molar-refractivity contribution >= 4 is 11.9 Å². The van der Waals surface area contributed by atoms with E-state index in [4.69, 9.17) is 5.11 Å². The average Bonchev–Trinajstić information content (AvgIpc) is 2.13. The molecule has 0 rings (SSSR count). The second-order valence-electron chi connectivity index (χ2n) is 3.89. The third-order valence-corrected chi connectivity index (χ3v) is 1.87. The number of amides is 1. The van der Waals surface area contributed by atoms with Crippen molar-refractivity contribution in [2.24, 2.45) is 5.92 Å². The predicted octanol–water partition coefficient (Wildman–Crippen LogP) is 0.165. The molecule has 2 N–H and O–H groups in total. The molecule has 0 saturated carbocycles. The van der Waals surface area contributed by atoms with Gasteiger partial charge in [-0.25, -0.2) is 0 Å². The Bertz CT molecular complexity index is 217. The number of nitrogens with one attached hydrogen (secondary N) is 1. The Morgan fingerprint density at radius 1 is 1.40 bits per heavy atom. The number of hydrogen-bond donors (Lipinski definition) is 2. The molecule has 1 amide bonds. The van der Waals surface area contributed by atoms with E-state index in [1.165, 1.54) is 0 Å². The third-order valence-electron chi connectivity index (χ3n) is 1.87. The molecule has 15 heavy (non-hydrogen) atoms. The number of carboxylic acids is 1. The molecule has 0 aliphatic heterocycles. The molecule has 0 aromatic heterocycles. The summed E-state index contributed by atoms with van der Waals surface area (Å²) in [6.45, 7) is 7.73. The Balaban J connectivity index is 3.85. The highest BCUT2D eigenvalue weighted by molar-refractivity contribution is 5.82. The van der Waals surface area contributed by atoms with Crippen LogP contribution in [0.1, 0.15) is 20.8 Å². The lowest BCUT2D eigenvalue weighted by Gasteiger charge is -2.21. The fourth-order valence-electron chi connectivity index (χ4n) is 1.26. The van der Waals surface area contributed by atoms with Crippen molar-refractivity contribution in [3.05, 3.63) is 0 Å². The van der Waals surface area contributed by atoms with Crippen molar-refractivity contribution in [3.63, 3.8) is 0 Å². The highest BCUT2D eigenvalue weighted by atomic mass is 16.4. The first kappa shape index (κ1) is 13.9. The van der Waals surface area contributed by atoms with Crippen LogP contribution in [-0.4, -0.2) is 48.1 Å². The highest BCUT2D eigenvalue weighted by Gasteiger charge is 2.10. The van der Waals surface area contributed by atoms with Gasteiger partial charge in [-0.1, -0.05) is 20.8 Å². The molecule has 0 bridgehead atoms. The molecule has 0 saturated heterocycles. The van der Waals surface area contributed by atoms with Gasteiger partial charge in [0.25, 0.3) is 0 Å². The molecule has 0 aliphatic rings. The molecule has 0 fully saturated rings. The molecule has 0 aromatic rings. The average molecular weight is 216 g/mol. The second kappa shape index (κ2) is 7.23. The number of carbonyl (C=O) groups excluding carboxylic acids is 1. The summed E-state index contributed by atoms with van der Waals surface area (Å²) in [5.41, 5.74) is 0. The maximum atomic E-state index is 11.3. The fraction of sp³-hybridized carbons (Fsp3) is 0.800. The van der Waals surface area contributed by atoms with E-state index in [-0.39, 0.29) is 19.0 Å². The Labute approximate surface area is 90.5 Å². The molecule has 0 atom stereocenters. The Hall–Kier alpha value is -1.10. The van der Waals surface area contributed by atoms with Crippen LogP contribution in [0.3, 0.4) is 0 Å². The van der Waals surface area contributed by atoms with Crippen LogP contribution in [-0.2, 0) is 9.59 Å². The van der Waals surface area contributed by atoms with Gasteiger partial charge in [0.05, 0.1) is 6.54 Å². The smallest absolute Gasteiger partial charge is 0.322 e. The largest absolute Gasteiger partial charge is 0.480 e. The lowest BCUT2D eigenvalue weighted by Crippen LogP contribution is -2.40. The quantitative estimate of drug-likeness (QED) is 0.636. The Kier molecular flexibility index (Phi) is 6.70. The summed E-state index contributed by atoms with van der Waals surface area (Å²) in [5, 5.41) is 10.7. The van der Waals surface area contributed by atoms with Gasteiger partial charge in [-0.3, -0.25) is 14.5 Å². The lowest BCUT2D eigenvalue weighted by atomic mass is 10.2. The summed E-state index contributed by atoms with van der Waals surface area (Å²) in [5.74, 6) is -0.757. The van der Waals surface area contributed by atoms with Crippen molar-refractivity contribution < 1.29 is 14.7 Å². The third kappa shape index (κ3) is 7.93. The topological polar surface area (TPSA) is 69.6 Å². The number of aliphatic carboxylic acids is 1. The summed E-state index contributed by atoms with van der Waals surface area (Å²) in [6.07, 6.45) is 0. The van der Waals surface area contributed by atoms with E-state index in [1.807, 2.05) is 11.8 Å². The van der Waals surface area contributed by atoms with Gasteiger partial charge in [0.15, 0.2) is 0 Å². The second-order valence-corrected chi connectivity index (χ2v) is 3.89. The number of rotatable bonds is 7. The fourth-order valence-corrected chi connectivity index (χ4v) is 1.26. The Morgan fingerprint density at radius 2 is 2.00 bits per heavy atom. The van der Waals surface area contributed by atoms with Gasteiger partial charge in [-0.15, -0.1) is 0 Å². The van der Waals surface area contributed by atoms with Gasteiger partial charge in [0.2, 0.25) is 5.91 Å². The van der Waals surface area contributed by atoms with E-state index in [1.54, 1.807) is 0 Å². The van der Waals surface area contributed by atoms with E-state index >= 15 is 0 Å². The van der Waals surface area contributed by atoms with Crippen molar-refractivity contribution in [1.82, 2.24) is 10.2 Å². The zero-order chi connectivity index (χ0) is 11.8. The van der Waals surface area contributed by atoms with E-state index < -0.39 is 5.97 Å². The summed E-state index contributed by atoms with van der Waals surface area (Å²) in [6, 6.07) is 0. The monoisotopic (exact) mass is 216 g/mol. The zero-order valence-electron chi connectivity index (χ0n) is 9.62. The molecule has 0 unspecified atom stereocenters. The SMILES string of the molecule is CCN(CC(=O)NCC(=O)O)CC(C)C. The molecule has 5 nitrogen and oxygen atoms in total. The van der Waals surface area contributed by atoms with Crippen LogP contribution in [0.25, 0.3) is 0 Å². The summed E-state index contributed by atoms with van der Waals surface area (Å²) < 4.78 is 0. The molecule has 88 valence electrons. The first-order valence-electron chi connectivity index (χ1n) is 5.16. The van der Waals surface area contributed by atoms with Crippen molar-refractivity contribution in [1.29, 1.82) is 0 Å².